The molecule has 1 aliphatic heterocycles. The standard InChI is InChI=1S/C11H21NOS/c1-2-14-8-6-12-10-5-7-13-11(10)9-3-4-9/h9-12H,2-8H2,1H3. The SMILES string of the molecule is CCSCCNC1CCOC1C1CC1. The Balaban J connectivity index is 1.63. The van der Waals surface area contributed by atoms with Crippen LogP contribution in [-0.4, -0.2) is 36.8 Å². The van der Waals surface area contributed by atoms with Crippen LogP contribution in [0.4, 0.5) is 0 Å². The van der Waals surface area contributed by atoms with Crippen molar-refractivity contribution in [2.75, 3.05) is 24.7 Å². The summed E-state index contributed by atoms with van der Waals surface area (Å²) in [4.78, 5) is 0. The number of thioether (sulfide) groups is 1. The van der Waals surface area contributed by atoms with Gasteiger partial charge in [-0.3, -0.25) is 0 Å². The van der Waals surface area contributed by atoms with Gasteiger partial charge in [0, 0.05) is 24.9 Å². The van der Waals surface area contributed by atoms with Gasteiger partial charge in [0.05, 0.1) is 6.10 Å². The van der Waals surface area contributed by atoms with Crippen LogP contribution < -0.4 is 5.32 Å². The Morgan fingerprint density at radius 1 is 1.36 bits per heavy atom. The predicted octanol–water partition coefficient (Wildman–Crippen LogP) is 1.90. The lowest BCUT2D eigenvalue weighted by atomic mass is 10.1. The molecule has 0 bridgehead atoms. The van der Waals surface area contributed by atoms with Gasteiger partial charge in [-0.15, -0.1) is 0 Å². The highest BCUT2D eigenvalue weighted by atomic mass is 32.2. The first-order valence-corrected chi connectivity index (χ1v) is 7.00. The molecule has 2 fully saturated rings. The van der Waals surface area contributed by atoms with Crippen molar-refractivity contribution in [2.24, 2.45) is 5.92 Å². The molecule has 0 aromatic heterocycles. The second-order valence-corrected chi connectivity index (χ2v) is 5.61. The molecule has 0 amide bonds. The van der Waals surface area contributed by atoms with Crippen molar-refractivity contribution < 1.29 is 4.74 Å². The Morgan fingerprint density at radius 3 is 2.93 bits per heavy atom. The molecule has 1 saturated heterocycles. The van der Waals surface area contributed by atoms with E-state index in [0.29, 0.717) is 12.1 Å². The molecular formula is C11H21NOS. The summed E-state index contributed by atoms with van der Waals surface area (Å²) in [5, 5.41) is 3.64. The molecule has 1 saturated carbocycles. The lowest BCUT2D eigenvalue weighted by Gasteiger charge is -2.19. The van der Waals surface area contributed by atoms with Gasteiger partial charge in [0.2, 0.25) is 0 Å². The normalized spacial score (nSPS) is 32.4. The first kappa shape index (κ1) is 10.8. The third-order valence-corrected chi connectivity index (χ3v) is 3.98. The fourth-order valence-corrected chi connectivity index (χ4v) is 2.73. The van der Waals surface area contributed by atoms with Gasteiger partial charge < -0.3 is 10.1 Å². The minimum Gasteiger partial charge on any atom is -0.376 e. The first-order chi connectivity index (χ1) is 6.92. The van der Waals surface area contributed by atoms with Crippen molar-refractivity contribution in [3.05, 3.63) is 0 Å². The fraction of sp³-hybridized carbons (Fsp3) is 1.00. The van der Waals surface area contributed by atoms with Crippen LogP contribution in [0.1, 0.15) is 26.2 Å². The van der Waals surface area contributed by atoms with E-state index in [1.54, 1.807) is 0 Å². The molecule has 1 heterocycles. The fourth-order valence-electron chi connectivity index (χ4n) is 2.18. The van der Waals surface area contributed by atoms with Crippen LogP contribution in [0.25, 0.3) is 0 Å². The van der Waals surface area contributed by atoms with E-state index in [0.717, 1.165) is 19.1 Å². The molecule has 2 nitrogen and oxygen atoms in total. The average Bonchev–Trinajstić information content (AvgIpc) is 2.94. The zero-order chi connectivity index (χ0) is 9.80. The summed E-state index contributed by atoms with van der Waals surface area (Å²) in [6.45, 7) is 4.34. The van der Waals surface area contributed by atoms with E-state index < -0.39 is 0 Å². The van der Waals surface area contributed by atoms with E-state index >= 15 is 0 Å². The van der Waals surface area contributed by atoms with Gasteiger partial charge in [0.15, 0.2) is 0 Å². The molecule has 2 aliphatic rings. The van der Waals surface area contributed by atoms with Crippen LogP contribution in [-0.2, 0) is 4.74 Å². The van der Waals surface area contributed by atoms with Gasteiger partial charge in [-0.1, -0.05) is 6.92 Å². The monoisotopic (exact) mass is 215 g/mol. The van der Waals surface area contributed by atoms with Crippen LogP contribution in [0.2, 0.25) is 0 Å². The second kappa shape index (κ2) is 5.38. The van der Waals surface area contributed by atoms with E-state index in [-0.39, 0.29) is 0 Å². The Hall–Kier alpha value is 0.270. The lowest BCUT2D eigenvalue weighted by Crippen LogP contribution is -2.38. The number of hydrogen-bond donors (Lipinski definition) is 1. The average molecular weight is 215 g/mol. The smallest absolute Gasteiger partial charge is 0.0756 e. The predicted molar refractivity (Wildman–Crippen MR) is 61.9 cm³/mol. The number of nitrogens with one attached hydrogen (secondary N) is 1. The molecule has 1 aliphatic carbocycles. The summed E-state index contributed by atoms with van der Waals surface area (Å²) in [5.74, 6) is 3.35. The highest BCUT2D eigenvalue weighted by Gasteiger charge is 2.40. The molecular weight excluding hydrogens is 194 g/mol. The summed E-state index contributed by atoms with van der Waals surface area (Å²) >= 11 is 2.01. The molecule has 0 aromatic rings. The number of ether oxygens (including phenoxy) is 1. The molecule has 14 heavy (non-hydrogen) atoms. The zero-order valence-electron chi connectivity index (χ0n) is 9.00. The van der Waals surface area contributed by atoms with Crippen LogP contribution in [0, 0.1) is 5.92 Å². The number of rotatable bonds is 6. The van der Waals surface area contributed by atoms with Crippen LogP contribution in [0.3, 0.4) is 0 Å². The van der Waals surface area contributed by atoms with Crippen molar-refractivity contribution in [3.8, 4) is 0 Å². The summed E-state index contributed by atoms with van der Waals surface area (Å²) in [6, 6.07) is 0.653. The Labute approximate surface area is 91.2 Å². The topological polar surface area (TPSA) is 21.3 Å². The van der Waals surface area contributed by atoms with E-state index in [1.165, 1.54) is 30.8 Å². The minimum atomic E-state index is 0.543. The molecule has 1 N–H and O–H groups in total. The maximum Gasteiger partial charge on any atom is 0.0756 e. The van der Waals surface area contributed by atoms with Gasteiger partial charge in [0.25, 0.3) is 0 Å². The Bertz CT molecular complexity index is 173. The molecule has 2 rings (SSSR count). The lowest BCUT2D eigenvalue weighted by molar-refractivity contribution is 0.0816. The molecule has 0 radical (unpaired) electrons. The third kappa shape index (κ3) is 2.88. The molecule has 0 aromatic carbocycles. The van der Waals surface area contributed by atoms with Crippen LogP contribution in [0.15, 0.2) is 0 Å². The van der Waals surface area contributed by atoms with Gasteiger partial charge in [-0.2, -0.15) is 11.8 Å². The molecule has 2 unspecified atom stereocenters. The minimum absolute atomic E-state index is 0.543. The maximum atomic E-state index is 5.78. The highest BCUT2D eigenvalue weighted by molar-refractivity contribution is 7.99. The van der Waals surface area contributed by atoms with E-state index in [9.17, 15) is 0 Å². The van der Waals surface area contributed by atoms with Crippen LogP contribution >= 0.6 is 11.8 Å². The van der Waals surface area contributed by atoms with Crippen molar-refractivity contribution in [1.82, 2.24) is 5.32 Å². The maximum absolute atomic E-state index is 5.78. The molecule has 82 valence electrons. The summed E-state index contributed by atoms with van der Waals surface area (Å²) in [6.07, 6.45) is 4.55. The summed E-state index contributed by atoms with van der Waals surface area (Å²) < 4.78 is 5.78. The van der Waals surface area contributed by atoms with Gasteiger partial charge in [0.1, 0.15) is 0 Å². The van der Waals surface area contributed by atoms with Crippen molar-refractivity contribution in [1.29, 1.82) is 0 Å². The third-order valence-electron chi connectivity index (χ3n) is 3.08. The number of hydrogen-bond acceptors (Lipinski definition) is 3. The molecule has 2 atom stereocenters. The summed E-state index contributed by atoms with van der Waals surface area (Å²) in [5.41, 5.74) is 0. The Morgan fingerprint density at radius 2 is 2.21 bits per heavy atom. The van der Waals surface area contributed by atoms with Crippen molar-refractivity contribution >= 4 is 11.8 Å². The first-order valence-electron chi connectivity index (χ1n) is 5.84. The van der Waals surface area contributed by atoms with Gasteiger partial charge in [-0.25, -0.2) is 0 Å². The largest absolute Gasteiger partial charge is 0.376 e. The van der Waals surface area contributed by atoms with E-state index in [4.69, 9.17) is 4.74 Å². The van der Waals surface area contributed by atoms with Gasteiger partial charge in [-0.05, 0) is 30.9 Å². The highest BCUT2D eigenvalue weighted by Crippen LogP contribution is 2.38. The zero-order valence-corrected chi connectivity index (χ0v) is 9.81. The summed E-state index contributed by atoms with van der Waals surface area (Å²) in [7, 11) is 0. The Kier molecular flexibility index (Phi) is 4.14. The van der Waals surface area contributed by atoms with Crippen molar-refractivity contribution in [3.63, 3.8) is 0 Å². The van der Waals surface area contributed by atoms with Crippen molar-refractivity contribution in [2.45, 2.75) is 38.3 Å². The quantitative estimate of drug-likeness (QED) is 0.684. The molecule has 3 heteroatoms. The van der Waals surface area contributed by atoms with E-state index in [1.807, 2.05) is 11.8 Å². The van der Waals surface area contributed by atoms with E-state index in [2.05, 4.69) is 12.2 Å². The van der Waals surface area contributed by atoms with Crippen LogP contribution in [0.5, 0.6) is 0 Å². The molecule has 0 spiro atoms. The van der Waals surface area contributed by atoms with Gasteiger partial charge >= 0.3 is 0 Å². The second-order valence-electron chi connectivity index (χ2n) is 4.22.